The van der Waals surface area contributed by atoms with Gasteiger partial charge in [-0.2, -0.15) is 0 Å². The Morgan fingerprint density at radius 3 is 1.00 bits per heavy atom. The average Bonchev–Trinajstić information content (AvgIpc) is 0. The van der Waals surface area contributed by atoms with E-state index in [4.69, 9.17) is 0 Å². The average molecular weight is 477 g/mol. The zero-order chi connectivity index (χ0) is 0. The van der Waals surface area contributed by atoms with Gasteiger partial charge in [-0.25, -0.2) is 0 Å². The van der Waals surface area contributed by atoms with Crippen LogP contribution in [-0.4, -0.2) is 45.5 Å². The van der Waals surface area contributed by atoms with Crippen LogP contribution in [0.3, 0.4) is 0 Å². The summed E-state index contributed by atoms with van der Waals surface area (Å²) >= 11 is 0. The van der Waals surface area contributed by atoms with Crippen molar-refractivity contribution in [2.45, 2.75) is 0 Å². The van der Waals surface area contributed by atoms with Crippen LogP contribution in [-0.2, 0) is 26.2 Å². The van der Waals surface area contributed by atoms with E-state index in [9.17, 15) is 0 Å². The van der Waals surface area contributed by atoms with Crippen molar-refractivity contribution < 1.29 is 100 Å². The molecule has 0 amide bonds. The largest absolute Gasteiger partial charge is 0 e. The van der Waals surface area contributed by atoms with Crippen LogP contribution < -0.4 is 0 Å². The molecule has 0 rings (SSSR count). The topological polar surface area (TPSA) is 0 Å². The normalized spacial score (nSPS) is 0. The summed E-state index contributed by atoms with van der Waals surface area (Å²) in [5, 5.41) is 0. The Morgan fingerprint density at radius 2 is 1.00 bits per heavy atom. The minimum absolute atomic E-state index is 0. The SMILES string of the molecule is [La].[Sr].[Tb].[Zr]. The molecule has 4 heteroatoms. The first kappa shape index (κ1) is 23.2. The van der Waals surface area contributed by atoms with Crippen LogP contribution >= 0.6 is 0 Å². The summed E-state index contributed by atoms with van der Waals surface area (Å²) in [6.45, 7) is 0. The fourth-order valence-electron chi connectivity index (χ4n) is 0. The molecule has 0 saturated carbocycles. The van der Waals surface area contributed by atoms with E-state index >= 15 is 0 Å². The molecule has 0 N–H and O–H groups in total. The monoisotopic (exact) mass is 476 g/mol. The maximum absolute atomic E-state index is 0. The van der Waals surface area contributed by atoms with Crippen molar-refractivity contribution in [2.24, 2.45) is 0 Å². The van der Waals surface area contributed by atoms with E-state index in [1.165, 1.54) is 0 Å². The van der Waals surface area contributed by atoms with Crippen LogP contribution in [0.4, 0.5) is 0 Å². The molecule has 0 atom stereocenters. The molecule has 0 nitrogen and oxygen atoms in total. The van der Waals surface area contributed by atoms with Crippen LogP contribution in [0.5, 0.6) is 0 Å². The third-order valence-electron chi connectivity index (χ3n) is 0. The summed E-state index contributed by atoms with van der Waals surface area (Å²) in [5.41, 5.74) is 0. The van der Waals surface area contributed by atoms with E-state index in [1.807, 2.05) is 0 Å². The number of hydrogen-bond acceptors (Lipinski definition) is 0. The molecule has 4 radical (unpaired) electrons. The predicted octanol–water partition coefficient (Wildman–Crippen LogP) is -0.383. The first-order valence-corrected chi connectivity index (χ1v) is 0. The molecule has 0 aromatic rings. The van der Waals surface area contributed by atoms with Gasteiger partial charge < -0.3 is 0 Å². The molecule has 0 heterocycles. The van der Waals surface area contributed by atoms with Crippen molar-refractivity contribution in [1.82, 2.24) is 0 Å². The van der Waals surface area contributed by atoms with Gasteiger partial charge in [0.1, 0.15) is 0 Å². The maximum atomic E-state index is 0. The van der Waals surface area contributed by atoms with Gasteiger partial charge in [-0.05, 0) is 0 Å². The zero-order valence-corrected chi connectivity index (χ0v) is 13.8. The maximum Gasteiger partial charge on any atom is 0 e. The molecule has 0 unspecified atom stereocenters. The molecule has 0 spiro atoms. The van der Waals surface area contributed by atoms with Crippen molar-refractivity contribution in [2.75, 3.05) is 0 Å². The Hall–Kier alpha value is 4.84. The first-order chi connectivity index (χ1) is 0. The number of rotatable bonds is 0. The summed E-state index contributed by atoms with van der Waals surface area (Å²) in [6.07, 6.45) is 0. The molecular weight excluding hydrogens is 477 g/mol. The minimum Gasteiger partial charge on any atom is 0 e. The second-order valence-electron chi connectivity index (χ2n) is 0. The Labute approximate surface area is 141 Å². The van der Waals surface area contributed by atoms with Crippen molar-refractivity contribution >= 4 is 45.5 Å². The molecule has 18 valence electrons. The van der Waals surface area contributed by atoms with Gasteiger partial charge in [0.05, 0.1) is 0 Å². The van der Waals surface area contributed by atoms with E-state index in [2.05, 4.69) is 0 Å². The molecular formula is LaSrTbZr. The van der Waals surface area contributed by atoms with Crippen LogP contribution in [0.2, 0.25) is 0 Å². The first-order valence-electron chi connectivity index (χ1n) is 0. The van der Waals surface area contributed by atoms with E-state index in [1.54, 1.807) is 0 Å². The molecule has 0 aromatic heterocycles. The molecule has 0 aliphatic rings. The van der Waals surface area contributed by atoms with Crippen LogP contribution in [0, 0.1) is 74.2 Å². The van der Waals surface area contributed by atoms with Gasteiger partial charge in [-0.15, -0.1) is 0 Å². The standard InChI is InChI=1S/La.Sr.Tb.Zr. The Morgan fingerprint density at radius 1 is 1.00 bits per heavy atom. The Balaban J connectivity index is 0. The predicted molar refractivity (Wildman–Crippen MR) is 5.75 cm³/mol. The summed E-state index contributed by atoms with van der Waals surface area (Å²) in [4.78, 5) is 0. The molecule has 0 saturated heterocycles. The van der Waals surface area contributed by atoms with Gasteiger partial charge in [-0.3, -0.25) is 0 Å². The van der Waals surface area contributed by atoms with Gasteiger partial charge >= 0.3 is 0 Å². The van der Waals surface area contributed by atoms with Crippen molar-refractivity contribution in [1.29, 1.82) is 0 Å². The number of hydrogen-bond donors (Lipinski definition) is 0. The summed E-state index contributed by atoms with van der Waals surface area (Å²) in [5.74, 6) is 0. The Bertz CT molecular complexity index is 8.00. The van der Waals surface area contributed by atoms with Gasteiger partial charge in [0.15, 0.2) is 0 Å². The summed E-state index contributed by atoms with van der Waals surface area (Å²) < 4.78 is 0. The second-order valence-corrected chi connectivity index (χ2v) is 0. The Kier molecular flexibility index (Phi) is 90.8. The van der Waals surface area contributed by atoms with Crippen molar-refractivity contribution in [3.63, 3.8) is 0 Å². The molecule has 0 aliphatic carbocycles. The van der Waals surface area contributed by atoms with Crippen molar-refractivity contribution in [3.8, 4) is 0 Å². The fraction of sp³-hybridized carbons (Fsp3) is 0. The van der Waals surface area contributed by atoms with Crippen LogP contribution in [0.1, 0.15) is 0 Å². The molecule has 0 bridgehead atoms. The van der Waals surface area contributed by atoms with Gasteiger partial charge in [0, 0.05) is 146 Å². The minimum atomic E-state index is 0. The quantitative estimate of drug-likeness (QED) is 0.418. The van der Waals surface area contributed by atoms with Gasteiger partial charge in [-0.1, -0.05) is 0 Å². The molecule has 0 aliphatic heterocycles. The van der Waals surface area contributed by atoms with E-state index in [0.29, 0.717) is 0 Å². The third-order valence-corrected chi connectivity index (χ3v) is 0. The van der Waals surface area contributed by atoms with E-state index in [-0.39, 0.29) is 146 Å². The third kappa shape index (κ3) is 9.96. The van der Waals surface area contributed by atoms with E-state index < -0.39 is 0 Å². The molecule has 0 fully saturated rings. The van der Waals surface area contributed by atoms with Gasteiger partial charge in [0.25, 0.3) is 0 Å². The smallest absolute Gasteiger partial charge is 0 e. The second kappa shape index (κ2) is 15.7. The summed E-state index contributed by atoms with van der Waals surface area (Å²) in [7, 11) is 0. The van der Waals surface area contributed by atoms with Crippen molar-refractivity contribution in [3.05, 3.63) is 0 Å². The molecule has 0 aromatic carbocycles. The summed E-state index contributed by atoms with van der Waals surface area (Å²) in [6, 6.07) is 0. The fourth-order valence-corrected chi connectivity index (χ4v) is 0. The van der Waals surface area contributed by atoms with Gasteiger partial charge in [0.2, 0.25) is 0 Å². The van der Waals surface area contributed by atoms with E-state index in [0.717, 1.165) is 0 Å². The van der Waals surface area contributed by atoms with Crippen LogP contribution in [0.25, 0.3) is 0 Å². The zero-order valence-electron chi connectivity index (χ0n) is 2.12. The van der Waals surface area contributed by atoms with Crippen LogP contribution in [0.15, 0.2) is 0 Å². The molecule has 4 heavy (non-hydrogen) atoms.